The highest BCUT2D eigenvalue weighted by molar-refractivity contribution is 8.00. The Kier molecular flexibility index (Phi) is 38.6. The Hall–Kier alpha value is -13.4. The second-order valence-corrected chi connectivity index (χ2v) is 33.3. The van der Waals surface area contributed by atoms with E-state index in [4.69, 9.17) is 5.73 Å². The van der Waals surface area contributed by atoms with Gasteiger partial charge in [-0.15, -0.1) is 11.8 Å². The number of aromatic hydroxyl groups is 2. The van der Waals surface area contributed by atoms with E-state index in [2.05, 4.69) is 52.8 Å². The minimum Gasteiger partial charge on any atom is -0.508 e. The first-order valence-electron chi connectivity index (χ1n) is 41.7. The van der Waals surface area contributed by atoms with Gasteiger partial charge in [0.2, 0.25) is 88.6 Å². The van der Waals surface area contributed by atoms with Crippen LogP contribution in [0.5, 0.6) is 11.5 Å². The summed E-state index contributed by atoms with van der Waals surface area (Å²) in [5.41, 5.74) is 8.35. The van der Waals surface area contributed by atoms with Crippen LogP contribution >= 0.6 is 11.8 Å². The van der Waals surface area contributed by atoms with Crippen LogP contribution in [0.1, 0.15) is 107 Å². The molecule has 0 saturated carbocycles. The number of carbonyl (C=O) groups excluding carboxylic acids is 15. The lowest BCUT2D eigenvalue weighted by molar-refractivity contribution is -0.152. The van der Waals surface area contributed by atoms with Crippen LogP contribution in [0.15, 0.2) is 140 Å². The van der Waals surface area contributed by atoms with E-state index in [-0.39, 0.29) is 62.4 Å². The van der Waals surface area contributed by atoms with E-state index in [1.807, 2.05) is 0 Å². The van der Waals surface area contributed by atoms with Crippen LogP contribution < -0.4 is 53.6 Å². The fourth-order valence-corrected chi connectivity index (χ4v) is 15.3. The molecule has 0 bridgehead atoms. The minimum atomic E-state index is -1.94. The number of para-hydroxylation sites is 1. The summed E-state index contributed by atoms with van der Waals surface area (Å²) in [4.78, 5) is 254. The van der Waals surface area contributed by atoms with Crippen LogP contribution in [-0.2, 0) is 114 Å². The van der Waals surface area contributed by atoms with Gasteiger partial charge >= 0.3 is 11.9 Å². The fourth-order valence-electron chi connectivity index (χ4n) is 14.5. The van der Waals surface area contributed by atoms with Crippen molar-refractivity contribution in [2.75, 3.05) is 66.4 Å². The summed E-state index contributed by atoms with van der Waals surface area (Å²) in [5, 5.41) is 65.2. The van der Waals surface area contributed by atoms with Crippen molar-refractivity contribution in [1.82, 2.24) is 77.3 Å². The van der Waals surface area contributed by atoms with Crippen LogP contribution in [0.2, 0.25) is 0 Å². The SMILES string of the molecule is CCCC[C@H]1C(=O)N(C)CC(=O)N[C@@H](CC(=O)O)C(=O)N[C@@H](C(C)C)C(=O)N(C)[C@@H](Cc2ccccc2)C(=O)N[C@@H](Cc2ccc(O)cc2)C(=O)N(C)CC(=O)N[C@@H](Cc2c[nH]c3ccccc23)C(=O)N[C@@H](Cc2ccc(O)cc2)C(=O)N[C@@H](CC(C)C)C(=O)N[C@H](C(=O)NCC(N)=O)CSCC(=O)N[C@@H](Cc2ccccc2)C(=O)N(C)[C@@H](CCC(=O)O)C(=O)N1C. The van der Waals surface area contributed by atoms with E-state index in [0.717, 1.165) is 36.3 Å². The van der Waals surface area contributed by atoms with Crippen molar-refractivity contribution >= 4 is 123 Å². The molecule has 16 N–H and O–H groups in total. The zero-order chi connectivity index (χ0) is 93.5. The number of benzene rings is 5. The lowest BCUT2D eigenvalue weighted by Crippen LogP contribution is -2.61. The molecular formula is C89H116N16O21S. The van der Waals surface area contributed by atoms with Crippen molar-refractivity contribution in [2.24, 2.45) is 17.6 Å². The molecule has 1 fully saturated rings. The molecule has 11 atom stereocenters. The summed E-state index contributed by atoms with van der Waals surface area (Å²) in [6.07, 6.45) is -1.45. The molecule has 5 aromatic carbocycles. The highest BCUT2D eigenvalue weighted by Gasteiger charge is 2.42. The van der Waals surface area contributed by atoms with Gasteiger partial charge in [-0.2, -0.15) is 0 Å². The van der Waals surface area contributed by atoms with E-state index in [1.54, 1.807) is 112 Å². The molecule has 0 radical (unpaired) electrons. The molecule has 684 valence electrons. The van der Waals surface area contributed by atoms with Crippen LogP contribution in [0.25, 0.3) is 10.9 Å². The zero-order valence-corrected chi connectivity index (χ0v) is 73.6. The lowest BCUT2D eigenvalue weighted by Gasteiger charge is -2.37. The lowest BCUT2D eigenvalue weighted by atomic mass is 9.98. The number of nitrogens with zero attached hydrogens (tertiary/aromatic N) is 5. The number of fused-ring (bicyclic) bond motifs is 1. The first kappa shape index (κ1) is 101. The Morgan fingerprint density at radius 1 is 0.472 bits per heavy atom. The minimum absolute atomic E-state index is 0.0598. The highest BCUT2D eigenvalue weighted by Crippen LogP contribution is 2.24. The van der Waals surface area contributed by atoms with Gasteiger partial charge in [0.25, 0.3) is 0 Å². The molecule has 1 aliphatic heterocycles. The molecule has 0 spiro atoms. The van der Waals surface area contributed by atoms with E-state index in [9.17, 15) is 68.4 Å². The number of carbonyl (C=O) groups is 17. The number of amides is 15. The molecule has 1 aliphatic rings. The number of phenols is 2. The van der Waals surface area contributed by atoms with Gasteiger partial charge in [-0.05, 0) is 89.2 Å². The standard InChI is InChI=1S/C89H116N16O21S/c1-11-12-27-69-87(124)102(7)48-74(110)94-65(44-77(114)115)83(120)100-78(52(4)5)89(126)105(10)71(42-54-23-17-14-18-24-54)84(121)98-66(41-56-30-34-59(107)35-31-56)85(122)101(6)47-73(109)93-64(43-57-45-91-61-26-20-19-25-60(57)61)82(119)97-63(39-55-28-32-58(106)33-29-55)81(118)96-62(38-51(2)3)80(117)99-68(79(116)92-46-72(90)108)49-127-50-75(111)95-67(40-53-21-15-13-16-22-53)86(123)103(8)70(36-37-76(112)113)88(125)104(69)9/h13-26,28-35,45,51-52,62-71,78,91,106-107H,11-12,27,36-44,46-50H2,1-10H3,(H2,90,108)(H,92,116)(H,93,109)(H,94,110)(H,95,111)(H,96,118)(H,97,119)(H,98,121)(H,99,117)(H,100,120)(H,112,113)(H,114,115)/t62-,63-,64-,65-,66-,67-,68-,69-,70-,71-,78-/m0/s1. The maximum absolute atomic E-state index is 15.4. The van der Waals surface area contributed by atoms with Gasteiger partial charge < -0.3 is 103 Å². The number of unbranched alkanes of at least 4 members (excludes halogenated alkanes) is 1. The molecule has 1 saturated heterocycles. The van der Waals surface area contributed by atoms with Gasteiger partial charge in [0.1, 0.15) is 78.0 Å². The molecule has 0 aliphatic carbocycles. The van der Waals surface area contributed by atoms with Crippen molar-refractivity contribution in [3.8, 4) is 11.5 Å². The first-order valence-corrected chi connectivity index (χ1v) is 42.8. The molecule has 37 nitrogen and oxygen atoms in total. The number of primary amides is 1. The van der Waals surface area contributed by atoms with E-state index in [0.29, 0.717) is 51.6 Å². The number of aliphatic carboxylic acids is 2. The number of phenolic OH excluding ortho intramolecular Hbond substituents is 2. The molecule has 0 unspecified atom stereocenters. The van der Waals surface area contributed by atoms with Crippen LogP contribution in [-0.4, -0.2) is 283 Å². The number of hydrogen-bond donors (Lipinski definition) is 15. The Labute approximate surface area is 739 Å². The van der Waals surface area contributed by atoms with Crippen molar-refractivity contribution in [1.29, 1.82) is 0 Å². The highest BCUT2D eigenvalue weighted by atomic mass is 32.2. The molecule has 15 amide bonds. The maximum Gasteiger partial charge on any atom is 0.305 e. The average molecular weight is 1780 g/mol. The number of rotatable bonds is 24. The number of hydrogen-bond acceptors (Lipinski definition) is 20. The summed E-state index contributed by atoms with van der Waals surface area (Å²) < 4.78 is 0. The molecular weight excluding hydrogens is 1660 g/mol. The van der Waals surface area contributed by atoms with Crippen LogP contribution in [0.3, 0.4) is 0 Å². The monoisotopic (exact) mass is 1780 g/mol. The molecule has 6 aromatic rings. The number of H-pyrrole nitrogens is 1. The number of nitrogens with one attached hydrogen (secondary N) is 10. The summed E-state index contributed by atoms with van der Waals surface area (Å²) in [5.74, 6) is -19.8. The Bertz CT molecular complexity index is 4870. The van der Waals surface area contributed by atoms with E-state index in [1.165, 1.54) is 97.6 Å². The summed E-state index contributed by atoms with van der Waals surface area (Å²) in [6.45, 7) is 5.93. The van der Waals surface area contributed by atoms with Crippen molar-refractivity contribution in [2.45, 2.75) is 178 Å². The van der Waals surface area contributed by atoms with Gasteiger partial charge in [0.05, 0.1) is 31.8 Å². The third-order valence-electron chi connectivity index (χ3n) is 21.4. The van der Waals surface area contributed by atoms with Gasteiger partial charge in [-0.25, -0.2) is 0 Å². The molecule has 127 heavy (non-hydrogen) atoms. The topological polar surface area (TPSA) is 537 Å². The predicted octanol–water partition coefficient (Wildman–Crippen LogP) is 0.949. The number of thioether (sulfide) groups is 1. The number of likely N-dealkylation sites (N-methyl/N-ethyl adjacent to an activating group) is 5. The van der Waals surface area contributed by atoms with Gasteiger partial charge in [-0.3, -0.25) is 81.5 Å². The summed E-state index contributed by atoms with van der Waals surface area (Å²) >= 11 is 0.773. The van der Waals surface area contributed by atoms with Gasteiger partial charge in [0.15, 0.2) is 0 Å². The summed E-state index contributed by atoms with van der Waals surface area (Å²) in [7, 11) is 6.14. The number of aromatic nitrogens is 1. The zero-order valence-electron chi connectivity index (χ0n) is 72.8. The molecule has 2 heterocycles. The van der Waals surface area contributed by atoms with Crippen LogP contribution in [0, 0.1) is 11.8 Å². The third kappa shape index (κ3) is 31.0. The predicted molar refractivity (Wildman–Crippen MR) is 469 cm³/mol. The number of carboxylic acid groups (broad SMARTS) is 2. The van der Waals surface area contributed by atoms with Crippen LogP contribution in [0.4, 0.5) is 0 Å². The van der Waals surface area contributed by atoms with Gasteiger partial charge in [-0.1, -0.05) is 151 Å². The van der Waals surface area contributed by atoms with E-state index >= 15 is 33.6 Å². The maximum atomic E-state index is 15.4. The first-order chi connectivity index (χ1) is 60.2. The summed E-state index contributed by atoms with van der Waals surface area (Å²) in [6, 6.07) is 17.4. The normalized spacial score (nSPS) is 22.1. The second kappa shape index (κ2) is 48.7. The fraction of sp³-hybridized carbons (Fsp3) is 0.449. The number of nitrogens with two attached hydrogens (primary N) is 1. The molecule has 38 heteroatoms. The largest absolute Gasteiger partial charge is 0.508 e. The van der Waals surface area contributed by atoms with E-state index < -0.39 is 223 Å². The average Bonchev–Trinajstić information content (AvgIpc) is 1.35. The third-order valence-corrected chi connectivity index (χ3v) is 22.5. The smallest absolute Gasteiger partial charge is 0.305 e. The van der Waals surface area contributed by atoms with Gasteiger partial charge in [0, 0.05) is 96.6 Å². The molecule has 1 aromatic heterocycles. The quantitative estimate of drug-likeness (QED) is 0.0401. The Morgan fingerprint density at radius 3 is 1.49 bits per heavy atom. The second-order valence-electron chi connectivity index (χ2n) is 32.3. The number of aromatic amines is 1. The molecule has 7 rings (SSSR count). The van der Waals surface area contributed by atoms with Crippen molar-refractivity contribution in [3.05, 3.63) is 167 Å². The van der Waals surface area contributed by atoms with Crippen molar-refractivity contribution < 1.29 is 102 Å². The Balaban J connectivity index is 1.33. The Morgan fingerprint density at radius 2 is 0.937 bits per heavy atom. The number of carboxylic acids is 2. The van der Waals surface area contributed by atoms with Crippen molar-refractivity contribution in [3.63, 3.8) is 0 Å².